The molecule has 0 aromatic heterocycles. The number of rotatable bonds is 4. The van der Waals surface area contributed by atoms with E-state index in [0.717, 1.165) is 49.8 Å². The van der Waals surface area contributed by atoms with E-state index in [4.69, 9.17) is 0 Å². The summed E-state index contributed by atoms with van der Waals surface area (Å²) < 4.78 is 13.9. The summed E-state index contributed by atoms with van der Waals surface area (Å²) in [4.78, 5) is 24.4. The monoisotopic (exact) mass is 343 g/mol. The fourth-order valence-electron chi connectivity index (χ4n) is 2.99. The molecule has 3 rings (SSSR count). The molecule has 0 atom stereocenters. The molecule has 1 saturated heterocycles. The fourth-order valence-corrected chi connectivity index (χ4v) is 2.99. The molecule has 0 radical (unpaired) electrons. The van der Waals surface area contributed by atoms with Gasteiger partial charge in [0, 0.05) is 30.9 Å². The van der Waals surface area contributed by atoms with E-state index in [0.29, 0.717) is 0 Å². The van der Waals surface area contributed by atoms with Crippen molar-refractivity contribution in [2.24, 2.45) is 0 Å². The lowest BCUT2D eigenvalue weighted by atomic mass is 10.0. The van der Waals surface area contributed by atoms with Gasteiger partial charge in [-0.05, 0) is 31.0 Å². The van der Waals surface area contributed by atoms with Gasteiger partial charge in [-0.15, -0.1) is 0 Å². The molecule has 2 aromatic carbocycles. The Labute approximate surface area is 144 Å². The average Bonchev–Trinajstić information content (AvgIpc) is 2.62. The summed E-state index contributed by atoms with van der Waals surface area (Å²) in [7, 11) is 0. The highest BCUT2D eigenvalue weighted by Gasteiger charge is 2.23. The number of piperidine rings is 1. The molecule has 0 spiro atoms. The molecule has 1 aliphatic heterocycles. The van der Waals surface area contributed by atoms with Crippen molar-refractivity contribution in [2.75, 3.05) is 18.0 Å². The number of benzene rings is 2. The average molecular weight is 343 g/mol. The van der Waals surface area contributed by atoms with Gasteiger partial charge < -0.3 is 10.2 Å². The zero-order valence-electron chi connectivity index (χ0n) is 13.5. The molecule has 1 heterocycles. The Morgan fingerprint density at radius 1 is 1.16 bits per heavy atom. The minimum Gasteiger partial charge on any atom is -0.371 e. The number of para-hydroxylation sites is 1. The number of anilines is 1. The number of halogens is 1. The van der Waals surface area contributed by atoms with Crippen LogP contribution in [0.1, 0.15) is 23.2 Å². The van der Waals surface area contributed by atoms with Crippen LogP contribution in [-0.2, 0) is 0 Å². The summed E-state index contributed by atoms with van der Waals surface area (Å²) >= 11 is 0. The number of hydrogen-bond acceptors (Lipinski definition) is 4. The summed E-state index contributed by atoms with van der Waals surface area (Å²) in [6.07, 6.45) is 1.52. The highest BCUT2D eigenvalue weighted by Crippen LogP contribution is 2.21. The summed E-state index contributed by atoms with van der Waals surface area (Å²) in [5.74, 6) is -1.42. The Balaban J connectivity index is 1.59. The molecular weight excluding hydrogens is 325 g/mol. The molecule has 0 saturated carbocycles. The highest BCUT2D eigenvalue weighted by atomic mass is 19.1. The lowest BCUT2D eigenvalue weighted by Gasteiger charge is -2.34. The van der Waals surface area contributed by atoms with E-state index in [1.807, 2.05) is 30.3 Å². The first-order valence-electron chi connectivity index (χ1n) is 8.09. The molecule has 0 aliphatic carbocycles. The van der Waals surface area contributed by atoms with E-state index >= 15 is 0 Å². The van der Waals surface area contributed by atoms with E-state index in [1.165, 1.54) is 0 Å². The number of hydrogen-bond donors (Lipinski definition) is 1. The molecule has 0 bridgehead atoms. The Bertz CT molecular complexity index is 774. The number of nitro benzene ring substituents is 1. The zero-order valence-corrected chi connectivity index (χ0v) is 13.5. The van der Waals surface area contributed by atoms with Crippen LogP contribution in [0.2, 0.25) is 0 Å². The van der Waals surface area contributed by atoms with E-state index in [1.54, 1.807) is 0 Å². The number of nitrogens with one attached hydrogen (secondary N) is 1. The maximum Gasteiger partial charge on any atom is 0.272 e. The van der Waals surface area contributed by atoms with Gasteiger partial charge in [0.25, 0.3) is 11.6 Å². The van der Waals surface area contributed by atoms with Gasteiger partial charge in [-0.1, -0.05) is 18.2 Å². The van der Waals surface area contributed by atoms with Crippen LogP contribution < -0.4 is 10.2 Å². The van der Waals surface area contributed by atoms with Crippen molar-refractivity contribution >= 4 is 17.3 Å². The van der Waals surface area contributed by atoms with Crippen molar-refractivity contribution in [3.05, 3.63) is 70.0 Å². The smallest absolute Gasteiger partial charge is 0.272 e. The molecule has 1 fully saturated rings. The number of nitro groups is 1. The maximum absolute atomic E-state index is 13.9. The van der Waals surface area contributed by atoms with Crippen molar-refractivity contribution in [3.8, 4) is 0 Å². The first kappa shape index (κ1) is 16.9. The molecular formula is C18H18FN3O3. The summed E-state index contributed by atoms with van der Waals surface area (Å²) in [5, 5.41) is 13.5. The summed E-state index contributed by atoms with van der Waals surface area (Å²) in [6.45, 7) is 1.61. The van der Waals surface area contributed by atoms with Gasteiger partial charge in [0.1, 0.15) is 5.82 Å². The van der Waals surface area contributed by atoms with Crippen LogP contribution in [-0.4, -0.2) is 30.0 Å². The van der Waals surface area contributed by atoms with Crippen LogP contribution in [0.15, 0.2) is 48.5 Å². The lowest BCUT2D eigenvalue weighted by Crippen LogP contribution is -2.44. The molecule has 130 valence electrons. The molecule has 1 amide bonds. The Hall–Kier alpha value is -2.96. The van der Waals surface area contributed by atoms with Gasteiger partial charge in [-0.2, -0.15) is 0 Å². The maximum atomic E-state index is 13.9. The number of nitrogens with zero attached hydrogens (tertiary/aromatic N) is 2. The molecule has 6 nitrogen and oxygen atoms in total. The van der Waals surface area contributed by atoms with Gasteiger partial charge in [0.2, 0.25) is 0 Å². The molecule has 7 heteroatoms. The molecule has 1 N–H and O–H groups in total. The van der Waals surface area contributed by atoms with Crippen LogP contribution in [0.25, 0.3) is 0 Å². The van der Waals surface area contributed by atoms with Crippen LogP contribution in [0, 0.1) is 15.9 Å². The van der Waals surface area contributed by atoms with Crippen LogP contribution in [0.4, 0.5) is 15.8 Å². The van der Waals surface area contributed by atoms with Gasteiger partial charge in [0.15, 0.2) is 0 Å². The first-order valence-corrected chi connectivity index (χ1v) is 8.09. The standard InChI is InChI=1S/C18H18FN3O3/c19-17-12-15(22(24)25)6-7-16(17)18(23)20-13-8-10-21(11-9-13)14-4-2-1-3-5-14/h1-7,12-13H,8-11H2,(H,20,23). The quantitative estimate of drug-likeness (QED) is 0.683. The van der Waals surface area contributed by atoms with Gasteiger partial charge in [0.05, 0.1) is 16.6 Å². The van der Waals surface area contributed by atoms with E-state index in [9.17, 15) is 19.3 Å². The molecule has 25 heavy (non-hydrogen) atoms. The second-order valence-electron chi connectivity index (χ2n) is 5.99. The second kappa shape index (κ2) is 7.29. The molecule has 2 aromatic rings. The minimum absolute atomic E-state index is 0.0398. The SMILES string of the molecule is O=C(NC1CCN(c2ccccc2)CC1)c1ccc([N+](=O)[O-])cc1F. The lowest BCUT2D eigenvalue weighted by molar-refractivity contribution is -0.385. The zero-order chi connectivity index (χ0) is 17.8. The number of carbonyl (C=O) groups excluding carboxylic acids is 1. The third-order valence-electron chi connectivity index (χ3n) is 4.36. The Kier molecular flexibility index (Phi) is 4.92. The topological polar surface area (TPSA) is 75.5 Å². The van der Waals surface area contributed by atoms with Crippen LogP contribution in [0.5, 0.6) is 0 Å². The van der Waals surface area contributed by atoms with Crippen LogP contribution >= 0.6 is 0 Å². The predicted octanol–water partition coefficient (Wildman–Crippen LogP) is 3.13. The second-order valence-corrected chi connectivity index (χ2v) is 5.99. The van der Waals surface area contributed by atoms with E-state index in [-0.39, 0.29) is 17.3 Å². The number of carbonyl (C=O) groups is 1. The number of amides is 1. The summed E-state index contributed by atoms with van der Waals surface area (Å²) in [5.41, 5.74) is 0.606. The van der Waals surface area contributed by atoms with E-state index in [2.05, 4.69) is 10.2 Å². The largest absolute Gasteiger partial charge is 0.371 e. The minimum atomic E-state index is -0.881. The van der Waals surface area contributed by atoms with Gasteiger partial charge in [-0.3, -0.25) is 14.9 Å². The molecule has 1 aliphatic rings. The molecule has 0 unspecified atom stereocenters. The van der Waals surface area contributed by atoms with Crippen LogP contribution in [0.3, 0.4) is 0 Å². The number of non-ortho nitro benzene ring substituents is 1. The normalized spacial score (nSPS) is 15.0. The first-order chi connectivity index (χ1) is 12.0. The van der Waals surface area contributed by atoms with Gasteiger partial charge in [-0.25, -0.2) is 4.39 Å². The van der Waals surface area contributed by atoms with Crippen molar-refractivity contribution in [2.45, 2.75) is 18.9 Å². The van der Waals surface area contributed by atoms with Crippen molar-refractivity contribution in [1.29, 1.82) is 0 Å². The van der Waals surface area contributed by atoms with Gasteiger partial charge >= 0.3 is 0 Å². The van der Waals surface area contributed by atoms with Crippen molar-refractivity contribution < 1.29 is 14.1 Å². The van der Waals surface area contributed by atoms with Crippen molar-refractivity contribution in [3.63, 3.8) is 0 Å². The fraction of sp³-hybridized carbons (Fsp3) is 0.278. The third-order valence-corrected chi connectivity index (χ3v) is 4.36. The highest BCUT2D eigenvalue weighted by molar-refractivity contribution is 5.94. The predicted molar refractivity (Wildman–Crippen MR) is 92.2 cm³/mol. The van der Waals surface area contributed by atoms with Crippen molar-refractivity contribution in [1.82, 2.24) is 5.32 Å². The Morgan fingerprint density at radius 2 is 1.84 bits per heavy atom. The summed E-state index contributed by atoms with van der Waals surface area (Å²) in [6, 6.07) is 13.1. The van der Waals surface area contributed by atoms with E-state index < -0.39 is 16.6 Å². The third kappa shape index (κ3) is 3.93. The Morgan fingerprint density at radius 3 is 2.44 bits per heavy atom.